The van der Waals surface area contributed by atoms with Crippen LogP contribution in [0.4, 0.5) is 4.79 Å². The van der Waals surface area contributed by atoms with E-state index in [1.165, 1.54) is 30.8 Å². The van der Waals surface area contributed by atoms with Crippen molar-refractivity contribution in [3.63, 3.8) is 0 Å². The van der Waals surface area contributed by atoms with Crippen LogP contribution in [0.2, 0.25) is 0 Å². The Bertz CT molecular complexity index is 648. The Morgan fingerprint density at radius 3 is 2.86 bits per heavy atom. The molecule has 0 aromatic carbocycles. The maximum atomic E-state index is 12.5. The van der Waals surface area contributed by atoms with Crippen LogP contribution in [0, 0.1) is 5.92 Å². The maximum Gasteiger partial charge on any atom is 0.346 e. The molecule has 0 aromatic rings. The molecule has 12 heteroatoms. The van der Waals surface area contributed by atoms with Crippen molar-refractivity contribution < 1.29 is 27.5 Å². The third kappa shape index (κ3) is 4.89. The molecule has 2 N–H and O–H groups in total. The van der Waals surface area contributed by atoms with Gasteiger partial charge in [-0.2, -0.15) is 9.35 Å². The summed E-state index contributed by atoms with van der Waals surface area (Å²) < 4.78 is 26.1. The normalized spacial score (nSPS) is 33.5. The van der Waals surface area contributed by atoms with Gasteiger partial charge in [0.05, 0.1) is 12.6 Å². The highest BCUT2D eigenvalue weighted by Gasteiger charge is 2.48. The lowest BCUT2D eigenvalue weighted by Gasteiger charge is -2.29. The van der Waals surface area contributed by atoms with Gasteiger partial charge in [-0.1, -0.05) is 0 Å². The van der Waals surface area contributed by atoms with Gasteiger partial charge in [0.2, 0.25) is 0 Å². The SMILES string of the molecule is O=C(NOC[C@@H]1C[C@@H](CN2CCCC2)CN1)C1CCC2CN1C(=O)N2OS(=O)[O-]. The van der Waals surface area contributed by atoms with Crippen molar-refractivity contribution in [3.05, 3.63) is 0 Å². The van der Waals surface area contributed by atoms with E-state index in [9.17, 15) is 18.4 Å². The van der Waals surface area contributed by atoms with Crippen molar-refractivity contribution in [3.8, 4) is 0 Å². The number of amides is 3. The Morgan fingerprint density at radius 1 is 1.31 bits per heavy atom. The molecular weight excluding hydrogens is 402 g/mol. The number of likely N-dealkylation sites (tertiary alicyclic amines) is 1. The van der Waals surface area contributed by atoms with Crippen molar-refractivity contribution in [2.45, 2.75) is 50.2 Å². The second-order valence-electron chi connectivity index (χ2n) is 8.28. The highest BCUT2D eigenvalue weighted by atomic mass is 32.2. The fraction of sp³-hybridized carbons (Fsp3) is 0.882. The quantitative estimate of drug-likeness (QED) is 0.375. The first-order chi connectivity index (χ1) is 14.0. The first kappa shape index (κ1) is 20.9. The van der Waals surface area contributed by atoms with E-state index in [1.54, 1.807) is 0 Å². The lowest BCUT2D eigenvalue weighted by molar-refractivity contribution is -0.139. The molecule has 4 saturated heterocycles. The van der Waals surface area contributed by atoms with Crippen molar-refractivity contribution in [1.82, 2.24) is 25.7 Å². The summed E-state index contributed by atoms with van der Waals surface area (Å²) in [5, 5.41) is 4.28. The second kappa shape index (κ2) is 9.23. The number of hydrogen-bond donors (Lipinski definition) is 2. The fourth-order valence-corrected chi connectivity index (χ4v) is 5.16. The van der Waals surface area contributed by atoms with Crippen molar-refractivity contribution >= 4 is 23.3 Å². The average Bonchev–Trinajstić information content (AvgIpc) is 3.41. The van der Waals surface area contributed by atoms with E-state index in [0.717, 1.165) is 24.6 Å². The van der Waals surface area contributed by atoms with E-state index in [4.69, 9.17) is 4.84 Å². The van der Waals surface area contributed by atoms with E-state index >= 15 is 0 Å². The molecule has 4 rings (SSSR count). The maximum absolute atomic E-state index is 12.5. The van der Waals surface area contributed by atoms with Gasteiger partial charge in [-0.05, 0) is 57.7 Å². The molecule has 3 amide bonds. The summed E-state index contributed by atoms with van der Waals surface area (Å²) in [6, 6.07) is -1.46. The Hall–Kier alpha value is -1.31. The minimum atomic E-state index is -2.83. The molecule has 0 aromatic heterocycles. The molecule has 4 heterocycles. The van der Waals surface area contributed by atoms with E-state index in [0.29, 0.717) is 25.4 Å². The Balaban J connectivity index is 1.19. The number of nitrogens with zero attached hydrogens (tertiary/aromatic N) is 3. The van der Waals surface area contributed by atoms with Crippen LogP contribution in [0.5, 0.6) is 0 Å². The molecule has 11 nitrogen and oxygen atoms in total. The largest absolute Gasteiger partial charge is 0.748 e. The molecule has 0 aliphatic carbocycles. The zero-order valence-corrected chi connectivity index (χ0v) is 17.1. The molecule has 0 spiro atoms. The minimum absolute atomic E-state index is 0.197. The topological polar surface area (TPSA) is 127 Å². The highest BCUT2D eigenvalue weighted by molar-refractivity contribution is 7.74. The summed E-state index contributed by atoms with van der Waals surface area (Å²) in [6.45, 7) is 5.09. The number of nitrogens with one attached hydrogen (secondary N) is 2. The van der Waals surface area contributed by atoms with Crippen LogP contribution in [0.15, 0.2) is 0 Å². The lowest BCUT2D eigenvalue weighted by atomic mass is 10.0. The van der Waals surface area contributed by atoms with Gasteiger partial charge in [-0.25, -0.2) is 14.5 Å². The summed E-state index contributed by atoms with van der Waals surface area (Å²) in [5.74, 6) is 0.209. The molecule has 5 atom stereocenters. The van der Waals surface area contributed by atoms with Crippen molar-refractivity contribution in [2.24, 2.45) is 5.92 Å². The smallest absolute Gasteiger partial charge is 0.346 e. The third-order valence-electron chi connectivity index (χ3n) is 6.25. The van der Waals surface area contributed by atoms with E-state index in [1.807, 2.05) is 0 Å². The van der Waals surface area contributed by atoms with Crippen LogP contribution in [0.3, 0.4) is 0 Å². The predicted octanol–water partition coefficient (Wildman–Crippen LogP) is -0.898. The standard InChI is InChI=1S/C17H29N5O6S/c23-16(15-4-3-14-10-21(15)17(24)22(14)28-29(25)26)19-27-11-13-7-12(8-18-13)9-20-5-1-2-6-20/h12-15,18H,1-11H2,(H,19,23)(H,25,26)/p-1/t12-,13+,14?,15?/m1/s1. The summed E-state index contributed by atoms with van der Waals surface area (Å²) in [5.41, 5.74) is 2.46. The van der Waals surface area contributed by atoms with E-state index in [-0.39, 0.29) is 18.6 Å². The van der Waals surface area contributed by atoms with Gasteiger partial charge in [0.25, 0.3) is 5.91 Å². The van der Waals surface area contributed by atoms with Crippen LogP contribution >= 0.6 is 0 Å². The third-order valence-corrected chi connectivity index (χ3v) is 6.53. The summed E-state index contributed by atoms with van der Waals surface area (Å²) in [4.78, 5) is 34.1. The summed E-state index contributed by atoms with van der Waals surface area (Å²) >= 11 is -2.83. The molecule has 0 saturated carbocycles. The molecule has 3 unspecified atom stereocenters. The molecule has 164 valence electrons. The number of hydrogen-bond acceptors (Lipinski definition) is 8. The fourth-order valence-electron chi connectivity index (χ4n) is 4.85. The number of carbonyl (C=O) groups excluding carboxylic acids is 2. The number of carbonyl (C=O) groups is 2. The highest BCUT2D eigenvalue weighted by Crippen LogP contribution is 2.30. The molecule has 4 fully saturated rings. The average molecular weight is 431 g/mol. The van der Waals surface area contributed by atoms with E-state index < -0.39 is 29.3 Å². The first-order valence-corrected chi connectivity index (χ1v) is 11.3. The van der Waals surface area contributed by atoms with Gasteiger partial charge in [0.1, 0.15) is 17.4 Å². The van der Waals surface area contributed by atoms with Crippen LogP contribution in [-0.2, 0) is 25.3 Å². The second-order valence-corrected chi connectivity index (χ2v) is 8.84. The Labute approximate surface area is 172 Å². The molecule has 4 aliphatic heterocycles. The van der Waals surface area contributed by atoms with Crippen LogP contribution < -0.4 is 10.8 Å². The minimum Gasteiger partial charge on any atom is -0.748 e. The lowest BCUT2D eigenvalue weighted by Crippen LogP contribution is -2.50. The Kier molecular flexibility index (Phi) is 6.66. The van der Waals surface area contributed by atoms with E-state index in [2.05, 4.69) is 20.0 Å². The van der Waals surface area contributed by atoms with Gasteiger partial charge in [-0.3, -0.25) is 9.63 Å². The number of fused-ring (bicyclic) bond motifs is 2. The van der Waals surface area contributed by atoms with Gasteiger partial charge in [-0.15, -0.1) is 0 Å². The zero-order valence-electron chi connectivity index (χ0n) is 16.3. The predicted molar refractivity (Wildman–Crippen MR) is 100 cm³/mol. The number of hydroxylamine groups is 3. The molecule has 29 heavy (non-hydrogen) atoms. The first-order valence-electron chi connectivity index (χ1n) is 10.3. The van der Waals surface area contributed by atoms with Crippen molar-refractivity contribution in [2.75, 3.05) is 39.3 Å². The molecular formula is C17H28N5O6S-. The van der Waals surface area contributed by atoms with Crippen LogP contribution in [-0.4, -0.2) is 93.0 Å². The van der Waals surface area contributed by atoms with Crippen molar-refractivity contribution in [1.29, 1.82) is 0 Å². The zero-order chi connectivity index (χ0) is 20.4. The Morgan fingerprint density at radius 2 is 2.10 bits per heavy atom. The van der Waals surface area contributed by atoms with Gasteiger partial charge in [0.15, 0.2) is 0 Å². The number of piperidine rings is 1. The van der Waals surface area contributed by atoms with Crippen LogP contribution in [0.25, 0.3) is 0 Å². The van der Waals surface area contributed by atoms with Crippen LogP contribution in [0.1, 0.15) is 32.1 Å². The summed E-state index contributed by atoms with van der Waals surface area (Å²) in [6.07, 6.45) is 4.51. The molecule has 4 aliphatic rings. The van der Waals surface area contributed by atoms with Gasteiger partial charge in [0, 0.05) is 19.1 Å². The summed E-state index contributed by atoms with van der Waals surface area (Å²) in [7, 11) is 0. The monoisotopic (exact) mass is 430 g/mol. The van der Waals surface area contributed by atoms with Gasteiger partial charge < -0.3 is 19.7 Å². The molecule has 2 bridgehead atoms. The van der Waals surface area contributed by atoms with Gasteiger partial charge >= 0.3 is 6.03 Å². The molecule has 0 radical (unpaired) electrons. The number of urea groups is 1. The number of rotatable bonds is 8.